The average Bonchev–Trinajstić information content (AvgIpc) is 3.30. The summed E-state index contributed by atoms with van der Waals surface area (Å²) >= 11 is 18.8. The second-order valence-corrected chi connectivity index (χ2v) is 10.7. The van der Waals surface area contributed by atoms with Crippen molar-refractivity contribution in [3.8, 4) is 22.8 Å². The van der Waals surface area contributed by atoms with Crippen LogP contribution in [0.1, 0.15) is 10.5 Å². The van der Waals surface area contributed by atoms with Gasteiger partial charge in [-0.1, -0.05) is 65.1 Å². The average molecular weight is 608 g/mol. The number of H-pyrrole nitrogens is 1. The molecule has 198 valence electrons. The minimum atomic E-state index is -4.72. The number of halogens is 3. The Morgan fingerprint density at radius 1 is 1.03 bits per heavy atom. The minimum absolute atomic E-state index is 0.0438. The molecule has 0 spiro atoms. The van der Waals surface area contributed by atoms with Crippen molar-refractivity contribution in [3.05, 3.63) is 79.5 Å². The van der Waals surface area contributed by atoms with Gasteiger partial charge in [0.05, 0.1) is 15.7 Å². The second-order valence-electron chi connectivity index (χ2n) is 7.82. The van der Waals surface area contributed by atoms with E-state index in [1.165, 1.54) is 12.1 Å². The van der Waals surface area contributed by atoms with Crippen LogP contribution in [0.5, 0.6) is 5.88 Å². The van der Waals surface area contributed by atoms with Gasteiger partial charge in [-0.15, -0.1) is 0 Å². The Labute approximate surface area is 233 Å². The molecule has 5 rings (SSSR count). The molecule has 0 radical (unpaired) electrons. The lowest BCUT2D eigenvalue weighted by Gasteiger charge is -2.16. The largest absolute Gasteiger partial charge is 0.492 e. The van der Waals surface area contributed by atoms with Crippen LogP contribution in [0.2, 0.25) is 15.1 Å². The quantitative estimate of drug-likeness (QED) is 0.230. The Morgan fingerprint density at radius 2 is 1.69 bits per heavy atom. The Balaban J connectivity index is 1.62. The summed E-state index contributed by atoms with van der Waals surface area (Å²) in [6.07, 6.45) is 0. The van der Waals surface area contributed by atoms with Crippen LogP contribution in [0.25, 0.3) is 28.1 Å². The van der Waals surface area contributed by atoms with Crippen molar-refractivity contribution in [1.82, 2.24) is 34.4 Å². The Morgan fingerprint density at radius 3 is 2.36 bits per heavy atom. The lowest BCUT2D eigenvalue weighted by atomic mass is 10.1. The highest BCUT2D eigenvalue weighted by Gasteiger charge is 2.28. The molecular weight excluding hydrogens is 595 g/mol. The smallest absolute Gasteiger partial charge is 0.298 e. The number of sulfonamides is 1. The summed E-state index contributed by atoms with van der Waals surface area (Å²) in [5.41, 5.74) is 4.03. The number of nitrogens with two attached hydrogens (primary N) is 1. The maximum absolute atomic E-state index is 13.1. The molecule has 0 unspecified atom stereocenters. The van der Waals surface area contributed by atoms with Gasteiger partial charge in [0.1, 0.15) is 11.2 Å². The van der Waals surface area contributed by atoms with Crippen molar-refractivity contribution in [2.75, 3.05) is 5.73 Å². The lowest BCUT2D eigenvalue weighted by Crippen LogP contribution is -2.36. The molecule has 5 aromatic rings. The third-order valence-electron chi connectivity index (χ3n) is 5.22. The molecule has 5 N–H and O–H groups in total. The maximum Gasteiger partial charge on any atom is 0.298 e. The van der Waals surface area contributed by atoms with Crippen molar-refractivity contribution in [2.45, 2.75) is 5.16 Å². The number of hydrogen-bond acceptors (Lipinski definition) is 10. The summed E-state index contributed by atoms with van der Waals surface area (Å²) in [7, 11) is -4.72. The number of benzene rings is 2. The van der Waals surface area contributed by atoms with Gasteiger partial charge < -0.3 is 15.8 Å². The number of nitrogens with zero attached hydrogens (tertiary/aromatic N) is 5. The first-order valence-electron chi connectivity index (χ1n) is 10.6. The summed E-state index contributed by atoms with van der Waals surface area (Å²) < 4.78 is 28.7. The molecule has 17 heteroatoms. The number of aromatic hydroxyl groups is 1. The number of hydrogen-bond donors (Lipinski definition) is 4. The van der Waals surface area contributed by atoms with E-state index in [2.05, 4.69) is 25.0 Å². The number of aromatic nitrogens is 6. The molecular formula is C22H13Cl3N8O5S. The van der Waals surface area contributed by atoms with Gasteiger partial charge in [0, 0.05) is 16.7 Å². The maximum atomic E-state index is 13.1. The molecule has 3 heterocycles. The molecule has 0 fully saturated rings. The Kier molecular flexibility index (Phi) is 6.64. The molecule has 0 saturated carbocycles. The van der Waals surface area contributed by atoms with E-state index >= 15 is 0 Å². The van der Waals surface area contributed by atoms with E-state index in [9.17, 15) is 23.1 Å². The first-order valence-corrected chi connectivity index (χ1v) is 13.2. The van der Waals surface area contributed by atoms with E-state index in [4.69, 9.17) is 40.5 Å². The molecule has 0 atom stereocenters. The molecule has 0 aliphatic rings. The van der Waals surface area contributed by atoms with Crippen LogP contribution in [0.4, 0.5) is 5.95 Å². The van der Waals surface area contributed by atoms with E-state index in [1.807, 2.05) is 0 Å². The summed E-state index contributed by atoms with van der Waals surface area (Å²) in [6, 6.07) is 12.4. The molecule has 39 heavy (non-hydrogen) atoms. The predicted octanol–water partition coefficient (Wildman–Crippen LogP) is 2.93. The van der Waals surface area contributed by atoms with Gasteiger partial charge in [-0.3, -0.25) is 9.59 Å². The fourth-order valence-electron chi connectivity index (χ4n) is 3.56. The fourth-order valence-corrected chi connectivity index (χ4v) is 5.42. The van der Waals surface area contributed by atoms with Crippen LogP contribution < -0.4 is 15.9 Å². The van der Waals surface area contributed by atoms with Gasteiger partial charge in [-0.25, -0.2) is 9.40 Å². The Bertz CT molecular complexity index is 1940. The van der Waals surface area contributed by atoms with Gasteiger partial charge >= 0.3 is 0 Å². The number of nitrogens with one attached hydrogen (secondary N) is 2. The molecule has 2 aromatic carbocycles. The third-order valence-corrected chi connectivity index (χ3v) is 7.17. The van der Waals surface area contributed by atoms with E-state index in [1.54, 1.807) is 35.1 Å². The van der Waals surface area contributed by atoms with Crippen molar-refractivity contribution in [1.29, 1.82) is 0 Å². The zero-order chi connectivity index (χ0) is 28.1. The standard InChI is InChI=1S/C22H13Cl3N8O5S/c23-10-6-11(24)17(12(25)7-10)33-13(9-4-2-1-3-5-9)8-14(34)15(31-33)20(36)32-39(37,38)22-27-16-18(29-22)28-21(26)30-19(16)35/h1-8H,(H,32,36)(H4,26,27,28,29,30,35). The van der Waals surface area contributed by atoms with Gasteiger partial charge in [-0.05, 0) is 12.1 Å². The van der Waals surface area contributed by atoms with E-state index in [0.717, 1.165) is 10.7 Å². The summed E-state index contributed by atoms with van der Waals surface area (Å²) in [4.78, 5) is 39.3. The lowest BCUT2D eigenvalue weighted by molar-refractivity contribution is 0.0973. The summed E-state index contributed by atoms with van der Waals surface area (Å²) in [5.74, 6) is -2.40. The van der Waals surface area contributed by atoms with Gasteiger partial charge in [0.25, 0.3) is 15.9 Å². The summed E-state index contributed by atoms with van der Waals surface area (Å²) in [6.45, 7) is 0. The minimum Gasteiger partial charge on any atom is -0.492 e. The molecule has 0 saturated heterocycles. The van der Waals surface area contributed by atoms with Gasteiger partial charge in [0.2, 0.25) is 22.4 Å². The van der Waals surface area contributed by atoms with Crippen LogP contribution in [0.3, 0.4) is 0 Å². The fraction of sp³-hybridized carbons (Fsp3) is 0. The molecule has 1 amide bonds. The number of amides is 1. The zero-order valence-electron chi connectivity index (χ0n) is 19.1. The number of aromatic amines is 1. The third kappa shape index (κ3) is 4.97. The first kappa shape index (κ1) is 26.4. The van der Waals surface area contributed by atoms with Crippen molar-refractivity contribution >= 4 is 67.8 Å². The van der Waals surface area contributed by atoms with Crippen LogP contribution in [0.15, 0.2) is 58.5 Å². The highest BCUT2D eigenvalue weighted by Crippen LogP contribution is 2.34. The molecule has 0 bridgehead atoms. The Hall–Kier alpha value is -4.24. The molecule has 0 aliphatic heterocycles. The number of carbonyl (C=O) groups is 1. The zero-order valence-corrected chi connectivity index (χ0v) is 22.1. The molecule has 0 aliphatic carbocycles. The van der Waals surface area contributed by atoms with E-state index in [0.29, 0.717) is 5.56 Å². The monoisotopic (exact) mass is 606 g/mol. The van der Waals surface area contributed by atoms with Crippen LogP contribution >= 0.6 is 34.8 Å². The number of fused-ring (bicyclic) bond motifs is 1. The van der Waals surface area contributed by atoms with E-state index < -0.39 is 38.1 Å². The van der Waals surface area contributed by atoms with Crippen LogP contribution in [-0.2, 0) is 10.0 Å². The van der Waals surface area contributed by atoms with Crippen molar-refractivity contribution in [2.24, 2.45) is 0 Å². The van der Waals surface area contributed by atoms with Gasteiger partial charge in [0.15, 0.2) is 11.3 Å². The van der Waals surface area contributed by atoms with Crippen molar-refractivity contribution < 1.29 is 18.3 Å². The predicted molar refractivity (Wildman–Crippen MR) is 143 cm³/mol. The number of rotatable bonds is 5. The number of imidazole rings is 1. The number of carbonyl (C=O) groups excluding carboxylic acids is 1. The number of anilines is 1. The topological polar surface area (TPSA) is 199 Å². The van der Waals surface area contributed by atoms with E-state index in [-0.39, 0.29) is 43.6 Å². The number of nitrogen functional groups attached to an aromatic ring is 1. The van der Waals surface area contributed by atoms with Gasteiger partial charge in [-0.2, -0.15) is 28.5 Å². The van der Waals surface area contributed by atoms with Crippen molar-refractivity contribution in [3.63, 3.8) is 0 Å². The SMILES string of the molecule is Nc1nc(O)c2[nH]c(S(=O)(=O)NC(=O)c3nn(-c4c(Cl)cc(Cl)cc4Cl)c(-c4ccccc4)cc3=O)nc2n1. The highest BCUT2D eigenvalue weighted by molar-refractivity contribution is 7.89. The molecule has 3 aromatic heterocycles. The van der Waals surface area contributed by atoms with Crippen LogP contribution in [0, 0.1) is 0 Å². The van der Waals surface area contributed by atoms with Crippen LogP contribution in [-0.4, -0.2) is 49.1 Å². The first-order chi connectivity index (χ1) is 18.4. The highest BCUT2D eigenvalue weighted by atomic mass is 35.5. The normalized spacial score (nSPS) is 11.6. The summed E-state index contributed by atoms with van der Waals surface area (Å²) in [5, 5.41) is 13.5. The second kappa shape index (κ2) is 9.81. The molecule has 13 nitrogen and oxygen atoms in total.